The first-order chi connectivity index (χ1) is 37.5. The average Bonchev–Trinajstić information content (AvgIpc) is 3.42. The molecule has 0 aliphatic heterocycles. The average molecular weight is 1070 g/mol. The predicted molar refractivity (Wildman–Crippen MR) is 333 cm³/mol. The second kappa shape index (κ2) is 65.9. The van der Waals surface area contributed by atoms with Gasteiger partial charge in [-0.15, -0.1) is 0 Å². The van der Waals surface area contributed by atoms with Crippen LogP contribution < -0.4 is 5.32 Å². The number of unbranched alkanes of at least 4 members (excludes halogenated alkanes) is 50. The summed E-state index contributed by atoms with van der Waals surface area (Å²) in [5.41, 5.74) is 0. The third-order valence-corrected chi connectivity index (χ3v) is 16.2. The zero-order valence-corrected chi connectivity index (χ0v) is 51.5. The number of hydrogen-bond acceptors (Lipinski definition) is 5. The molecule has 0 rings (SSSR count). The molecule has 0 aliphatic rings. The molecule has 6 nitrogen and oxygen atoms in total. The monoisotopic (exact) mass is 1070 g/mol. The summed E-state index contributed by atoms with van der Waals surface area (Å²) in [5.74, 6) is -0.0428. The van der Waals surface area contributed by atoms with Gasteiger partial charge in [0, 0.05) is 12.8 Å². The number of aliphatic hydroxyl groups excluding tert-OH is 2. The Balaban J connectivity index is 3.43. The molecule has 2 atom stereocenters. The summed E-state index contributed by atoms with van der Waals surface area (Å²) in [5, 5.41) is 23.4. The fourth-order valence-corrected chi connectivity index (χ4v) is 10.9. The maximum atomic E-state index is 12.5. The summed E-state index contributed by atoms with van der Waals surface area (Å²) in [6, 6.07) is -0.550. The second-order valence-corrected chi connectivity index (χ2v) is 23.9. The highest BCUT2D eigenvalue weighted by atomic mass is 16.5. The van der Waals surface area contributed by atoms with Gasteiger partial charge in [0.1, 0.15) is 0 Å². The van der Waals surface area contributed by atoms with Gasteiger partial charge in [-0.05, 0) is 77.0 Å². The lowest BCUT2D eigenvalue weighted by Crippen LogP contribution is -2.45. The van der Waals surface area contributed by atoms with E-state index >= 15 is 0 Å². The Morgan fingerprint density at radius 2 is 0.618 bits per heavy atom. The van der Waals surface area contributed by atoms with Crippen molar-refractivity contribution in [2.45, 2.75) is 398 Å². The van der Waals surface area contributed by atoms with Crippen molar-refractivity contribution in [3.05, 3.63) is 24.3 Å². The zero-order chi connectivity index (χ0) is 55.0. The van der Waals surface area contributed by atoms with Gasteiger partial charge in [-0.3, -0.25) is 9.59 Å². The first kappa shape index (κ1) is 74.3. The van der Waals surface area contributed by atoms with Gasteiger partial charge in [-0.1, -0.05) is 321 Å². The fourth-order valence-electron chi connectivity index (χ4n) is 10.9. The highest BCUT2D eigenvalue weighted by Crippen LogP contribution is 2.18. The van der Waals surface area contributed by atoms with E-state index in [4.69, 9.17) is 4.74 Å². The summed E-state index contributed by atoms with van der Waals surface area (Å²) in [6.07, 6.45) is 82.1. The Kier molecular flexibility index (Phi) is 64.4. The highest BCUT2D eigenvalue weighted by Gasteiger charge is 2.20. The van der Waals surface area contributed by atoms with Crippen molar-refractivity contribution in [1.82, 2.24) is 5.32 Å². The summed E-state index contributed by atoms with van der Waals surface area (Å²) in [7, 11) is 0. The SMILES string of the molecule is CCCCCCCCC/C=C\CCCCCCCC(=O)OCCCCCCCCCC/C=C\CCCCCCCCCC(=O)NC(CO)C(O)CCCCCCCCCCCCCCCCCCCCCCCCCC. The van der Waals surface area contributed by atoms with Crippen LogP contribution in [-0.2, 0) is 14.3 Å². The maximum absolute atomic E-state index is 12.5. The number of aliphatic hydroxyl groups is 2. The smallest absolute Gasteiger partial charge is 0.305 e. The lowest BCUT2D eigenvalue weighted by atomic mass is 10.0. The van der Waals surface area contributed by atoms with Crippen LogP contribution in [0.5, 0.6) is 0 Å². The summed E-state index contributed by atoms with van der Waals surface area (Å²) < 4.78 is 5.49. The van der Waals surface area contributed by atoms with E-state index in [1.807, 2.05) is 0 Å². The van der Waals surface area contributed by atoms with E-state index in [2.05, 4.69) is 43.5 Å². The van der Waals surface area contributed by atoms with Gasteiger partial charge in [0.2, 0.25) is 5.91 Å². The van der Waals surface area contributed by atoms with Crippen molar-refractivity contribution in [1.29, 1.82) is 0 Å². The highest BCUT2D eigenvalue weighted by molar-refractivity contribution is 5.76. The van der Waals surface area contributed by atoms with Crippen molar-refractivity contribution >= 4 is 11.9 Å². The molecular formula is C70H135NO5. The van der Waals surface area contributed by atoms with Crippen molar-refractivity contribution < 1.29 is 24.5 Å². The van der Waals surface area contributed by atoms with Crippen LogP contribution in [0.4, 0.5) is 0 Å². The van der Waals surface area contributed by atoms with Gasteiger partial charge in [-0.2, -0.15) is 0 Å². The van der Waals surface area contributed by atoms with Crippen LogP contribution in [0.25, 0.3) is 0 Å². The first-order valence-corrected chi connectivity index (χ1v) is 34.6. The number of allylic oxidation sites excluding steroid dienone is 4. The lowest BCUT2D eigenvalue weighted by molar-refractivity contribution is -0.143. The van der Waals surface area contributed by atoms with E-state index in [1.54, 1.807) is 0 Å². The first-order valence-electron chi connectivity index (χ1n) is 34.6. The van der Waals surface area contributed by atoms with Crippen molar-refractivity contribution in [2.75, 3.05) is 13.2 Å². The molecule has 450 valence electrons. The van der Waals surface area contributed by atoms with E-state index in [0.29, 0.717) is 25.9 Å². The zero-order valence-electron chi connectivity index (χ0n) is 51.5. The van der Waals surface area contributed by atoms with Crippen molar-refractivity contribution in [3.63, 3.8) is 0 Å². The number of esters is 1. The molecule has 76 heavy (non-hydrogen) atoms. The maximum Gasteiger partial charge on any atom is 0.305 e. The molecule has 1 amide bonds. The number of nitrogens with one attached hydrogen (secondary N) is 1. The Bertz CT molecular complexity index is 1190. The fraction of sp³-hybridized carbons (Fsp3) is 0.914. The Labute approximate surface area is 475 Å². The molecule has 0 aromatic rings. The Morgan fingerprint density at radius 1 is 0.355 bits per heavy atom. The molecule has 0 heterocycles. The number of carbonyl (C=O) groups excluding carboxylic acids is 2. The van der Waals surface area contributed by atoms with Crippen LogP contribution in [0.2, 0.25) is 0 Å². The van der Waals surface area contributed by atoms with E-state index in [9.17, 15) is 19.8 Å². The van der Waals surface area contributed by atoms with Crippen molar-refractivity contribution in [3.8, 4) is 0 Å². The topological polar surface area (TPSA) is 95.9 Å². The van der Waals surface area contributed by atoms with Gasteiger partial charge in [-0.25, -0.2) is 0 Å². The standard InChI is InChI=1S/C70H135NO5/c1-3-5-7-9-11-13-15-17-19-21-22-23-24-25-26-28-31-34-38-42-46-50-54-58-62-68(73)67(66-72)71-69(74)63-59-55-51-47-43-39-35-32-29-27-30-33-37-41-45-49-53-57-61-65-76-70(75)64-60-56-52-48-44-40-36-20-18-16-14-12-10-8-6-4-2/h20,27,29,36,67-68,72-73H,3-19,21-26,28,30-35,37-66H2,1-2H3,(H,71,74)/b29-27-,36-20-. The summed E-state index contributed by atoms with van der Waals surface area (Å²) in [6.45, 7) is 4.97. The van der Waals surface area contributed by atoms with Gasteiger partial charge in [0.25, 0.3) is 0 Å². The molecule has 0 aromatic heterocycles. The summed E-state index contributed by atoms with van der Waals surface area (Å²) >= 11 is 0. The molecule has 0 saturated carbocycles. The molecule has 3 N–H and O–H groups in total. The van der Waals surface area contributed by atoms with Crippen LogP contribution >= 0.6 is 0 Å². The third kappa shape index (κ3) is 61.6. The molecule has 0 aromatic carbocycles. The van der Waals surface area contributed by atoms with Gasteiger partial charge < -0.3 is 20.3 Å². The van der Waals surface area contributed by atoms with E-state index in [-0.39, 0.29) is 18.5 Å². The predicted octanol–water partition coefficient (Wildman–Crippen LogP) is 22.1. The normalized spacial score (nSPS) is 12.6. The number of hydrogen-bond donors (Lipinski definition) is 3. The molecule has 2 unspecified atom stereocenters. The Hall–Kier alpha value is -1.66. The lowest BCUT2D eigenvalue weighted by Gasteiger charge is -2.22. The molecule has 0 aliphatic carbocycles. The number of carbonyl (C=O) groups is 2. The van der Waals surface area contributed by atoms with Crippen LogP contribution in [-0.4, -0.2) is 47.4 Å². The van der Waals surface area contributed by atoms with Crippen LogP contribution in [0.1, 0.15) is 386 Å². The minimum Gasteiger partial charge on any atom is -0.466 e. The number of rotatable bonds is 65. The molecule has 0 radical (unpaired) electrons. The largest absolute Gasteiger partial charge is 0.466 e. The summed E-state index contributed by atoms with van der Waals surface area (Å²) in [4.78, 5) is 24.6. The van der Waals surface area contributed by atoms with Gasteiger partial charge in [0.05, 0.1) is 25.4 Å². The molecule has 0 saturated heterocycles. The van der Waals surface area contributed by atoms with Gasteiger partial charge in [0.15, 0.2) is 0 Å². The van der Waals surface area contributed by atoms with Crippen molar-refractivity contribution in [2.24, 2.45) is 0 Å². The minimum absolute atomic E-state index is 0.00237. The minimum atomic E-state index is -0.672. The molecule has 0 bridgehead atoms. The molecule has 0 spiro atoms. The number of ether oxygens (including phenoxy) is 1. The van der Waals surface area contributed by atoms with Crippen LogP contribution in [0, 0.1) is 0 Å². The van der Waals surface area contributed by atoms with E-state index < -0.39 is 12.1 Å². The van der Waals surface area contributed by atoms with Crippen LogP contribution in [0.15, 0.2) is 24.3 Å². The van der Waals surface area contributed by atoms with Gasteiger partial charge >= 0.3 is 5.97 Å². The van der Waals surface area contributed by atoms with E-state index in [0.717, 1.165) is 44.9 Å². The quantitative estimate of drug-likeness (QED) is 0.0320. The molecular weight excluding hydrogens is 935 g/mol. The van der Waals surface area contributed by atoms with Crippen LogP contribution in [0.3, 0.4) is 0 Å². The molecule has 6 heteroatoms. The Morgan fingerprint density at radius 3 is 0.934 bits per heavy atom. The molecule has 0 fully saturated rings. The number of amides is 1. The van der Waals surface area contributed by atoms with E-state index in [1.165, 1.54) is 308 Å². The second-order valence-electron chi connectivity index (χ2n) is 23.9. The third-order valence-electron chi connectivity index (χ3n) is 16.2.